The monoisotopic (exact) mass is 368 g/mol. The van der Waals surface area contributed by atoms with Crippen LogP contribution in [0.15, 0.2) is 34.7 Å². The molecule has 0 atom stereocenters. The third-order valence-corrected chi connectivity index (χ3v) is 5.40. The number of hydrogen-bond donors (Lipinski definition) is 1. The summed E-state index contributed by atoms with van der Waals surface area (Å²) in [6.07, 6.45) is 3.84. The number of carbonyl (C=O) groups excluding carboxylic acids is 2. The second-order valence-corrected chi connectivity index (χ2v) is 7.25. The summed E-state index contributed by atoms with van der Waals surface area (Å²) in [6, 6.07) is 9.72. The molecule has 0 bridgehead atoms. The quantitative estimate of drug-likeness (QED) is 0.880. The Hall–Kier alpha value is -2.60. The molecule has 1 saturated carbocycles. The summed E-state index contributed by atoms with van der Waals surface area (Å²) in [7, 11) is 1.53. The highest BCUT2D eigenvalue weighted by atomic mass is 16.5. The summed E-state index contributed by atoms with van der Waals surface area (Å²) in [6.45, 7) is 1.30. The van der Waals surface area contributed by atoms with E-state index in [4.69, 9.17) is 9.15 Å². The Morgan fingerprint density at radius 2 is 2.04 bits per heavy atom. The van der Waals surface area contributed by atoms with E-state index in [2.05, 4.69) is 5.32 Å². The number of fused-ring (bicyclic) bond motifs is 1. The molecule has 1 fully saturated rings. The summed E-state index contributed by atoms with van der Waals surface area (Å²) < 4.78 is 10.9. The smallest absolute Gasteiger partial charge is 0.248 e. The van der Waals surface area contributed by atoms with Crippen LogP contribution < -0.4 is 5.32 Å². The van der Waals surface area contributed by atoms with Gasteiger partial charge in [-0.25, -0.2) is 0 Å². The minimum atomic E-state index is -0.00235. The van der Waals surface area contributed by atoms with Crippen LogP contribution in [0.5, 0.6) is 0 Å². The Morgan fingerprint density at radius 1 is 1.26 bits per heavy atom. The number of nitrogens with one attached hydrogen (secondary N) is 1. The molecule has 1 aromatic heterocycles. The normalized spacial score (nSPS) is 16.6. The van der Waals surface area contributed by atoms with Gasteiger partial charge in [-0.3, -0.25) is 9.59 Å². The van der Waals surface area contributed by atoms with Crippen molar-refractivity contribution in [3.63, 3.8) is 0 Å². The molecule has 1 aliphatic heterocycles. The SMILES string of the molecule is COCC(=O)N1CCc2oc(-c3ccc(NC(=O)C4CCC4)cc3)cc2C1. The lowest BCUT2D eigenvalue weighted by atomic mass is 9.85. The summed E-state index contributed by atoms with van der Waals surface area (Å²) in [5.74, 6) is 2.01. The first-order valence-electron chi connectivity index (χ1n) is 9.43. The van der Waals surface area contributed by atoms with E-state index in [0.29, 0.717) is 19.5 Å². The Bertz CT molecular complexity index is 836. The van der Waals surface area contributed by atoms with Crippen molar-refractivity contribution in [1.82, 2.24) is 4.90 Å². The maximum absolute atomic E-state index is 12.0. The molecule has 1 aliphatic carbocycles. The summed E-state index contributed by atoms with van der Waals surface area (Å²) >= 11 is 0. The molecular formula is C21H24N2O4. The number of hydrogen-bond acceptors (Lipinski definition) is 4. The zero-order valence-electron chi connectivity index (χ0n) is 15.5. The molecule has 0 saturated heterocycles. The predicted molar refractivity (Wildman–Crippen MR) is 101 cm³/mol. The fourth-order valence-corrected chi connectivity index (χ4v) is 3.54. The maximum atomic E-state index is 12.0. The van der Waals surface area contributed by atoms with Gasteiger partial charge in [0, 0.05) is 49.4 Å². The highest BCUT2D eigenvalue weighted by Gasteiger charge is 2.26. The molecule has 0 spiro atoms. The average Bonchev–Trinajstić information content (AvgIpc) is 3.04. The molecule has 1 N–H and O–H groups in total. The fraction of sp³-hybridized carbons (Fsp3) is 0.429. The van der Waals surface area contributed by atoms with Gasteiger partial charge in [0.2, 0.25) is 11.8 Å². The first kappa shape index (κ1) is 17.8. The summed E-state index contributed by atoms with van der Waals surface area (Å²) in [5.41, 5.74) is 2.81. The van der Waals surface area contributed by atoms with Crippen molar-refractivity contribution in [2.75, 3.05) is 25.6 Å². The number of rotatable bonds is 5. The summed E-state index contributed by atoms with van der Waals surface area (Å²) in [4.78, 5) is 25.9. The van der Waals surface area contributed by atoms with E-state index in [0.717, 1.165) is 47.6 Å². The lowest BCUT2D eigenvalue weighted by Crippen LogP contribution is -2.37. The molecule has 142 valence electrons. The summed E-state index contributed by atoms with van der Waals surface area (Å²) in [5, 5.41) is 2.98. The number of amides is 2. The first-order valence-corrected chi connectivity index (χ1v) is 9.43. The van der Waals surface area contributed by atoms with Gasteiger partial charge in [0.15, 0.2) is 0 Å². The highest BCUT2D eigenvalue weighted by molar-refractivity contribution is 5.93. The van der Waals surface area contributed by atoms with Gasteiger partial charge in [0.05, 0.1) is 0 Å². The van der Waals surface area contributed by atoms with E-state index >= 15 is 0 Å². The molecular weight excluding hydrogens is 344 g/mol. The highest BCUT2D eigenvalue weighted by Crippen LogP contribution is 2.31. The molecule has 2 amide bonds. The van der Waals surface area contributed by atoms with E-state index in [1.54, 1.807) is 4.90 Å². The molecule has 0 radical (unpaired) electrons. The number of methoxy groups -OCH3 is 1. The third kappa shape index (κ3) is 3.76. The molecule has 4 rings (SSSR count). The van der Waals surface area contributed by atoms with Crippen molar-refractivity contribution < 1.29 is 18.7 Å². The Labute approximate surface area is 158 Å². The predicted octanol–water partition coefficient (Wildman–Crippen LogP) is 3.22. The van der Waals surface area contributed by atoms with Crippen LogP contribution in [-0.2, 0) is 27.3 Å². The second kappa shape index (κ2) is 7.56. The molecule has 27 heavy (non-hydrogen) atoms. The number of benzene rings is 1. The largest absolute Gasteiger partial charge is 0.461 e. The molecule has 6 nitrogen and oxygen atoms in total. The lowest BCUT2D eigenvalue weighted by Gasteiger charge is -2.25. The topological polar surface area (TPSA) is 71.8 Å². The number of furan rings is 1. The molecule has 2 heterocycles. The van der Waals surface area contributed by atoms with Gasteiger partial charge < -0.3 is 19.4 Å². The van der Waals surface area contributed by atoms with Crippen LogP contribution in [0.25, 0.3) is 11.3 Å². The minimum absolute atomic E-state index is 0.00235. The van der Waals surface area contributed by atoms with Crippen LogP contribution in [-0.4, -0.2) is 37.0 Å². The van der Waals surface area contributed by atoms with Crippen LogP contribution in [0.3, 0.4) is 0 Å². The van der Waals surface area contributed by atoms with E-state index in [1.807, 2.05) is 30.3 Å². The van der Waals surface area contributed by atoms with Crippen molar-refractivity contribution in [1.29, 1.82) is 0 Å². The second-order valence-electron chi connectivity index (χ2n) is 7.25. The van der Waals surface area contributed by atoms with Crippen molar-refractivity contribution in [3.05, 3.63) is 41.7 Å². The number of nitrogens with zero attached hydrogens (tertiary/aromatic N) is 1. The van der Waals surface area contributed by atoms with Crippen LogP contribution in [0.2, 0.25) is 0 Å². The van der Waals surface area contributed by atoms with Crippen molar-refractivity contribution in [2.45, 2.75) is 32.2 Å². The van der Waals surface area contributed by atoms with Crippen LogP contribution >= 0.6 is 0 Å². The zero-order chi connectivity index (χ0) is 18.8. The molecule has 2 aromatic rings. The van der Waals surface area contributed by atoms with Gasteiger partial charge in [0.1, 0.15) is 18.1 Å². The third-order valence-electron chi connectivity index (χ3n) is 5.40. The maximum Gasteiger partial charge on any atom is 0.248 e. The van der Waals surface area contributed by atoms with Gasteiger partial charge in [0.25, 0.3) is 0 Å². The fourth-order valence-electron chi connectivity index (χ4n) is 3.54. The molecule has 0 unspecified atom stereocenters. The zero-order valence-corrected chi connectivity index (χ0v) is 15.5. The van der Waals surface area contributed by atoms with Crippen LogP contribution in [0.4, 0.5) is 5.69 Å². The molecule has 1 aromatic carbocycles. The molecule has 2 aliphatic rings. The van der Waals surface area contributed by atoms with Crippen molar-refractivity contribution in [3.8, 4) is 11.3 Å². The van der Waals surface area contributed by atoms with Crippen molar-refractivity contribution >= 4 is 17.5 Å². The van der Waals surface area contributed by atoms with E-state index < -0.39 is 0 Å². The Kier molecular flexibility index (Phi) is 4.99. The van der Waals surface area contributed by atoms with Gasteiger partial charge in [-0.15, -0.1) is 0 Å². The van der Waals surface area contributed by atoms with E-state index in [-0.39, 0.29) is 24.3 Å². The Balaban J connectivity index is 1.44. The Morgan fingerprint density at radius 3 is 2.70 bits per heavy atom. The van der Waals surface area contributed by atoms with Gasteiger partial charge >= 0.3 is 0 Å². The average molecular weight is 368 g/mol. The van der Waals surface area contributed by atoms with Gasteiger partial charge in [-0.1, -0.05) is 6.42 Å². The van der Waals surface area contributed by atoms with Gasteiger partial charge in [-0.2, -0.15) is 0 Å². The van der Waals surface area contributed by atoms with Crippen LogP contribution in [0, 0.1) is 5.92 Å². The number of carbonyl (C=O) groups is 2. The number of ether oxygens (including phenoxy) is 1. The lowest BCUT2D eigenvalue weighted by molar-refractivity contribution is -0.136. The van der Waals surface area contributed by atoms with Gasteiger partial charge in [-0.05, 0) is 43.2 Å². The van der Waals surface area contributed by atoms with Crippen LogP contribution in [0.1, 0.15) is 30.6 Å². The van der Waals surface area contributed by atoms with E-state index in [9.17, 15) is 9.59 Å². The van der Waals surface area contributed by atoms with E-state index in [1.165, 1.54) is 7.11 Å². The standard InChI is InChI=1S/C21H24N2O4/c1-26-13-20(24)23-10-9-18-16(12-23)11-19(27-18)14-5-7-17(8-6-14)22-21(25)15-3-2-4-15/h5-8,11,15H,2-4,9-10,12-13H2,1H3,(H,22,25). The van der Waals surface area contributed by atoms with Crippen molar-refractivity contribution in [2.24, 2.45) is 5.92 Å². The minimum Gasteiger partial charge on any atom is -0.461 e. The number of anilines is 1. The first-order chi connectivity index (χ1) is 13.1. The molecule has 6 heteroatoms.